The number of hydrogen-bond donors (Lipinski definition) is 2. The lowest BCUT2D eigenvalue weighted by atomic mass is 10.2. The number of amides is 1. The van der Waals surface area contributed by atoms with Crippen LogP contribution >= 0.6 is 0 Å². The molecule has 0 radical (unpaired) electrons. The molecule has 0 fully saturated rings. The van der Waals surface area contributed by atoms with Crippen LogP contribution in [0.1, 0.15) is 23.0 Å². The summed E-state index contributed by atoms with van der Waals surface area (Å²) in [4.78, 5) is 20.4. The first kappa shape index (κ1) is 14.9. The number of hydrogen-bond acceptors (Lipinski definition) is 5. The molecule has 1 heterocycles. The van der Waals surface area contributed by atoms with Gasteiger partial charge in [0.2, 0.25) is 0 Å². The zero-order chi connectivity index (χ0) is 15.1. The van der Waals surface area contributed by atoms with E-state index in [-0.39, 0.29) is 11.6 Å². The van der Waals surface area contributed by atoms with E-state index in [1.54, 1.807) is 13.3 Å². The highest BCUT2D eigenvalue weighted by molar-refractivity contribution is 6.03. The molecule has 6 nitrogen and oxygen atoms in total. The molecule has 1 aromatic carbocycles. The summed E-state index contributed by atoms with van der Waals surface area (Å²) in [5, 5.41) is 5.85. The van der Waals surface area contributed by atoms with Gasteiger partial charge >= 0.3 is 0 Å². The Kier molecular flexibility index (Phi) is 5.22. The second-order valence-electron chi connectivity index (χ2n) is 4.36. The summed E-state index contributed by atoms with van der Waals surface area (Å²) in [5.41, 5.74) is 1.89. The maximum Gasteiger partial charge on any atom is 0.275 e. The third-order valence-corrected chi connectivity index (χ3v) is 2.81. The van der Waals surface area contributed by atoms with Gasteiger partial charge in [-0.2, -0.15) is 0 Å². The molecule has 2 rings (SSSR count). The highest BCUT2D eigenvalue weighted by atomic mass is 16.5. The maximum atomic E-state index is 12.2. The minimum absolute atomic E-state index is 0.267. The predicted molar refractivity (Wildman–Crippen MR) is 81.3 cm³/mol. The van der Waals surface area contributed by atoms with Gasteiger partial charge in [-0.25, -0.2) is 9.97 Å². The Labute approximate surface area is 123 Å². The maximum absolute atomic E-state index is 12.2. The summed E-state index contributed by atoms with van der Waals surface area (Å²) in [7, 11) is 1.61. The summed E-state index contributed by atoms with van der Waals surface area (Å²) in [6, 6.07) is 7.48. The van der Waals surface area contributed by atoms with Crippen LogP contribution in [0.25, 0.3) is 0 Å². The minimum Gasteiger partial charge on any atom is -0.380 e. The number of carbonyl (C=O) groups is 1. The molecular formula is C15H18N4O2. The topological polar surface area (TPSA) is 76.1 Å². The molecule has 0 aliphatic heterocycles. The van der Waals surface area contributed by atoms with Crippen LogP contribution in [-0.2, 0) is 11.3 Å². The molecule has 0 aliphatic rings. The number of aromatic nitrogens is 2. The van der Waals surface area contributed by atoms with Gasteiger partial charge in [0.05, 0.1) is 19.0 Å². The zero-order valence-corrected chi connectivity index (χ0v) is 12.1. The smallest absolute Gasteiger partial charge is 0.275 e. The summed E-state index contributed by atoms with van der Waals surface area (Å²) in [6.45, 7) is 3.15. The van der Waals surface area contributed by atoms with Crippen molar-refractivity contribution in [2.24, 2.45) is 0 Å². The minimum atomic E-state index is -0.297. The van der Waals surface area contributed by atoms with Crippen molar-refractivity contribution < 1.29 is 9.53 Å². The lowest BCUT2D eigenvalue weighted by molar-refractivity contribution is 0.102. The van der Waals surface area contributed by atoms with Crippen molar-refractivity contribution in [1.82, 2.24) is 9.97 Å². The third-order valence-electron chi connectivity index (χ3n) is 2.81. The molecule has 0 spiro atoms. The number of carbonyl (C=O) groups excluding carboxylic acids is 1. The number of nitrogens with one attached hydrogen (secondary N) is 2. The quantitative estimate of drug-likeness (QED) is 0.852. The average Bonchev–Trinajstić information content (AvgIpc) is 2.50. The number of ether oxygens (including phenoxy) is 1. The SMILES string of the molecule is CCNc1cnc(C(=O)Nc2ccccc2COC)cn1. The van der Waals surface area contributed by atoms with E-state index in [9.17, 15) is 4.79 Å². The molecule has 0 saturated heterocycles. The van der Waals surface area contributed by atoms with Crippen molar-refractivity contribution in [1.29, 1.82) is 0 Å². The lowest BCUT2D eigenvalue weighted by Gasteiger charge is -2.10. The zero-order valence-electron chi connectivity index (χ0n) is 12.1. The van der Waals surface area contributed by atoms with E-state index in [1.807, 2.05) is 31.2 Å². The summed E-state index contributed by atoms with van der Waals surface area (Å²) in [6.07, 6.45) is 2.99. The number of anilines is 2. The summed E-state index contributed by atoms with van der Waals surface area (Å²) in [5.74, 6) is 0.350. The van der Waals surface area contributed by atoms with Gasteiger partial charge in [0.15, 0.2) is 0 Å². The molecular weight excluding hydrogens is 268 g/mol. The van der Waals surface area contributed by atoms with Gasteiger partial charge in [-0.1, -0.05) is 18.2 Å². The van der Waals surface area contributed by atoms with Gasteiger partial charge in [0.1, 0.15) is 11.5 Å². The van der Waals surface area contributed by atoms with E-state index in [1.165, 1.54) is 6.20 Å². The van der Waals surface area contributed by atoms with Crippen LogP contribution < -0.4 is 10.6 Å². The van der Waals surface area contributed by atoms with Gasteiger partial charge in [0.25, 0.3) is 5.91 Å². The van der Waals surface area contributed by atoms with Gasteiger partial charge in [-0.15, -0.1) is 0 Å². The Morgan fingerprint density at radius 3 is 2.71 bits per heavy atom. The van der Waals surface area contributed by atoms with Crippen molar-refractivity contribution >= 4 is 17.4 Å². The fourth-order valence-corrected chi connectivity index (χ4v) is 1.83. The molecule has 0 unspecified atom stereocenters. The Hall–Kier alpha value is -2.47. The molecule has 0 bridgehead atoms. The van der Waals surface area contributed by atoms with Crippen LogP contribution in [0, 0.1) is 0 Å². The highest BCUT2D eigenvalue weighted by Gasteiger charge is 2.10. The average molecular weight is 286 g/mol. The molecule has 6 heteroatoms. The number of benzene rings is 1. The first-order valence-corrected chi connectivity index (χ1v) is 6.68. The Morgan fingerprint density at radius 2 is 2.05 bits per heavy atom. The second-order valence-corrected chi connectivity index (χ2v) is 4.36. The Balaban J connectivity index is 2.10. The van der Waals surface area contributed by atoms with E-state index in [0.717, 1.165) is 12.1 Å². The third kappa shape index (κ3) is 4.00. The van der Waals surface area contributed by atoms with Crippen molar-refractivity contribution in [2.75, 3.05) is 24.3 Å². The molecule has 2 N–H and O–H groups in total. The number of rotatable bonds is 6. The first-order valence-electron chi connectivity index (χ1n) is 6.68. The van der Waals surface area contributed by atoms with Gasteiger partial charge in [0, 0.05) is 24.9 Å². The highest BCUT2D eigenvalue weighted by Crippen LogP contribution is 2.16. The van der Waals surface area contributed by atoms with Gasteiger partial charge in [-0.05, 0) is 13.0 Å². The van der Waals surface area contributed by atoms with E-state index < -0.39 is 0 Å². The molecule has 21 heavy (non-hydrogen) atoms. The van der Waals surface area contributed by atoms with Crippen molar-refractivity contribution in [3.8, 4) is 0 Å². The second kappa shape index (κ2) is 7.35. The van der Waals surface area contributed by atoms with Crippen LogP contribution in [-0.4, -0.2) is 29.5 Å². The monoisotopic (exact) mass is 286 g/mol. The van der Waals surface area contributed by atoms with E-state index in [2.05, 4.69) is 20.6 Å². The Morgan fingerprint density at radius 1 is 1.24 bits per heavy atom. The normalized spacial score (nSPS) is 10.2. The van der Waals surface area contributed by atoms with Crippen LogP contribution in [0.2, 0.25) is 0 Å². The largest absolute Gasteiger partial charge is 0.380 e. The fraction of sp³-hybridized carbons (Fsp3) is 0.267. The van der Waals surface area contributed by atoms with Gasteiger partial charge < -0.3 is 15.4 Å². The predicted octanol–water partition coefficient (Wildman–Crippen LogP) is 2.31. The molecule has 0 aliphatic carbocycles. The first-order chi connectivity index (χ1) is 10.2. The molecule has 110 valence electrons. The van der Waals surface area contributed by atoms with E-state index in [0.29, 0.717) is 18.1 Å². The summed E-state index contributed by atoms with van der Waals surface area (Å²) >= 11 is 0. The standard InChI is InChI=1S/C15H18N4O2/c1-3-16-14-9-17-13(8-18-14)15(20)19-12-7-5-4-6-11(12)10-21-2/h4-9H,3,10H2,1-2H3,(H,16,18)(H,19,20). The number of para-hydroxylation sites is 1. The van der Waals surface area contributed by atoms with E-state index >= 15 is 0 Å². The summed E-state index contributed by atoms with van der Waals surface area (Å²) < 4.78 is 5.11. The molecule has 1 amide bonds. The molecule has 0 atom stereocenters. The van der Waals surface area contributed by atoms with Crippen molar-refractivity contribution in [3.05, 3.63) is 47.9 Å². The van der Waals surface area contributed by atoms with E-state index in [4.69, 9.17) is 4.74 Å². The van der Waals surface area contributed by atoms with Crippen molar-refractivity contribution in [2.45, 2.75) is 13.5 Å². The molecule has 1 aromatic heterocycles. The molecule has 2 aromatic rings. The fourth-order valence-electron chi connectivity index (χ4n) is 1.83. The van der Waals surface area contributed by atoms with Crippen LogP contribution in [0.5, 0.6) is 0 Å². The number of methoxy groups -OCH3 is 1. The van der Waals surface area contributed by atoms with Gasteiger partial charge in [-0.3, -0.25) is 4.79 Å². The number of nitrogens with zero attached hydrogens (tertiary/aromatic N) is 2. The van der Waals surface area contributed by atoms with Crippen LogP contribution in [0.4, 0.5) is 11.5 Å². The van der Waals surface area contributed by atoms with Crippen LogP contribution in [0.15, 0.2) is 36.7 Å². The Bertz CT molecular complexity index is 599. The lowest BCUT2D eigenvalue weighted by Crippen LogP contribution is -2.15. The van der Waals surface area contributed by atoms with Crippen LogP contribution in [0.3, 0.4) is 0 Å². The molecule has 0 saturated carbocycles. The van der Waals surface area contributed by atoms with Crippen molar-refractivity contribution in [3.63, 3.8) is 0 Å².